The molecule has 1 unspecified atom stereocenters. The predicted molar refractivity (Wildman–Crippen MR) is 315 cm³/mol. The van der Waals surface area contributed by atoms with Crippen molar-refractivity contribution in [3.8, 4) is 0 Å². The Morgan fingerprint density at radius 1 is 0.288 bits per heavy atom. The standard InChI is InChI=1S/C67H106O6/c1-4-7-10-13-16-18-20-22-23-24-25-26-27-28-29-30-31-32-33-34-35-36-37-38-39-40-41-42-43-45-46-48-51-54-57-60-66(69)72-63-64(62-71-65(68)59-56-53-50-15-12-9-6-3)73-67(70)61-58-55-52-49-47-44-21-19-17-14-11-8-5-2/h7,10-11,14,16,18-19,21-23,25-26,28-29,31-32,34-35,37-38,40-41,43,45,64H,4-6,8-9,12-13,15,17,20,24,27,30,33,36,39,42,44,46-63H2,1-3H3/b10-7-,14-11-,18-16-,21-19-,23-22-,26-25-,29-28-,32-31-,35-34-,38-37-,41-40-,45-43-. The van der Waals surface area contributed by atoms with Crippen molar-refractivity contribution < 1.29 is 28.6 Å². The number of carbonyl (C=O) groups is 3. The van der Waals surface area contributed by atoms with Crippen molar-refractivity contribution in [2.24, 2.45) is 0 Å². The van der Waals surface area contributed by atoms with E-state index in [-0.39, 0.29) is 31.1 Å². The zero-order chi connectivity index (χ0) is 52.9. The van der Waals surface area contributed by atoms with Crippen molar-refractivity contribution in [2.45, 2.75) is 245 Å². The average Bonchev–Trinajstić information content (AvgIpc) is 3.39. The first-order valence-corrected chi connectivity index (χ1v) is 29.3. The van der Waals surface area contributed by atoms with Gasteiger partial charge in [0, 0.05) is 19.3 Å². The largest absolute Gasteiger partial charge is 0.462 e. The molecule has 0 saturated heterocycles. The Hall–Kier alpha value is -4.71. The van der Waals surface area contributed by atoms with Crippen molar-refractivity contribution in [1.29, 1.82) is 0 Å². The molecule has 410 valence electrons. The Bertz CT molecular complexity index is 1630. The monoisotopic (exact) mass is 1010 g/mol. The minimum Gasteiger partial charge on any atom is -0.462 e. The molecule has 0 N–H and O–H groups in total. The molecule has 0 bridgehead atoms. The average molecular weight is 1010 g/mol. The van der Waals surface area contributed by atoms with Crippen LogP contribution >= 0.6 is 0 Å². The van der Waals surface area contributed by atoms with Crippen LogP contribution in [0.5, 0.6) is 0 Å². The number of unbranched alkanes of at least 4 members (excludes halogenated alkanes) is 16. The number of ether oxygens (including phenoxy) is 3. The molecule has 0 rings (SSSR count). The Morgan fingerprint density at radius 2 is 0.562 bits per heavy atom. The van der Waals surface area contributed by atoms with Gasteiger partial charge in [-0.15, -0.1) is 0 Å². The van der Waals surface area contributed by atoms with Crippen LogP contribution in [0.2, 0.25) is 0 Å². The van der Waals surface area contributed by atoms with Crippen molar-refractivity contribution in [1.82, 2.24) is 0 Å². The second-order valence-electron chi connectivity index (χ2n) is 18.8. The Labute approximate surface area is 448 Å². The minimum atomic E-state index is -0.797. The zero-order valence-corrected chi connectivity index (χ0v) is 46.8. The number of hydrogen-bond donors (Lipinski definition) is 0. The van der Waals surface area contributed by atoms with E-state index >= 15 is 0 Å². The van der Waals surface area contributed by atoms with Gasteiger partial charge in [-0.25, -0.2) is 0 Å². The quantitative estimate of drug-likeness (QED) is 0.0261. The number of carbonyl (C=O) groups excluding carboxylic acids is 3. The fourth-order valence-electron chi connectivity index (χ4n) is 7.45. The highest BCUT2D eigenvalue weighted by molar-refractivity contribution is 5.71. The summed E-state index contributed by atoms with van der Waals surface area (Å²) in [5.41, 5.74) is 0. The number of rotatable bonds is 51. The molecule has 0 spiro atoms. The molecule has 0 radical (unpaired) electrons. The van der Waals surface area contributed by atoms with Crippen molar-refractivity contribution in [3.05, 3.63) is 146 Å². The number of esters is 3. The first kappa shape index (κ1) is 68.3. The van der Waals surface area contributed by atoms with Crippen LogP contribution in [0, 0.1) is 0 Å². The fraction of sp³-hybridized carbons (Fsp3) is 0.597. The van der Waals surface area contributed by atoms with Crippen molar-refractivity contribution in [2.75, 3.05) is 13.2 Å². The van der Waals surface area contributed by atoms with E-state index < -0.39 is 6.10 Å². The lowest BCUT2D eigenvalue weighted by atomic mass is 10.1. The molecule has 6 heteroatoms. The molecular weight excluding hydrogens is 901 g/mol. The van der Waals surface area contributed by atoms with E-state index in [0.717, 1.165) is 167 Å². The third-order valence-corrected chi connectivity index (χ3v) is 11.8. The summed E-state index contributed by atoms with van der Waals surface area (Å²) in [6, 6.07) is 0. The van der Waals surface area contributed by atoms with E-state index in [4.69, 9.17) is 14.2 Å². The molecule has 0 fully saturated rings. The molecule has 0 heterocycles. The Balaban J connectivity index is 4.19. The van der Waals surface area contributed by atoms with Crippen LogP contribution in [0.25, 0.3) is 0 Å². The van der Waals surface area contributed by atoms with Crippen LogP contribution in [-0.2, 0) is 28.6 Å². The number of allylic oxidation sites excluding steroid dienone is 24. The molecule has 73 heavy (non-hydrogen) atoms. The van der Waals surface area contributed by atoms with Crippen LogP contribution in [0.4, 0.5) is 0 Å². The molecule has 6 nitrogen and oxygen atoms in total. The summed E-state index contributed by atoms with van der Waals surface area (Å²) in [5.74, 6) is -0.951. The summed E-state index contributed by atoms with van der Waals surface area (Å²) in [5, 5.41) is 0. The highest BCUT2D eigenvalue weighted by Crippen LogP contribution is 2.13. The van der Waals surface area contributed by atoms with E-state index in [2.05, 4.69) is 167 Å². The normalized spacial score (nSPS) is 13.2. The highest BCUT2D eigenvalue weighted by atomic mass is 16.6. The van der Waals surface area contributed by atoms with Gasteiger partial charge in [0.15, 0.2) is 6.10 Å². The van der Waals surface area contributed by atoms with E-state index in [1.165, 1.54) is 32.1 Å². The van der Waals surface area contributed by atoms with E-state index in [1.807, 2.05) is 0 Å². The Kier molecular flexibility index (Phi) is 56.0. The van der Waals surface area contributed by atoms with Crippen LogP contribution in [0.3, 0.4) is 0 Å². The van der Waals surface area contributed by atoms with Gasteiger partial charge in [0.05, 0.1) is 0 Å². The lowest BCUT2D eigenvalue weighted by Crippen LogP contribution is -2.30. The van der Waals surface area contributed by atoms with Gasteiger partial charge < -0.3 is 14.2 Å². The van der Waals surface area contributed by atoms with Gasteiger partial charge in [0.25, 0.3) is 0 Å². The van der Waals surface area contributed by atoms with Crippen LogP contribution in [0.15, 0.2) is 146 Å². The first-order valence-electron chi connectivity index (χ1n) is 29.3. The molecule has 0 amide bonds. The molecule has 1 atom stereocenters. The van der Waals surface area contributed by atoms with Gasteiger partial charge in [-0.05, 0) is 122 Å². The van der Waals surface area contributed by atoms with Crippen molar-refractivity contribution in [3.63, 3.8) is 0 Å². The summed E-state index contributed by atoms with van der Waals surface area (Å²) in [4.78, 5) is 37.9. The van der Waals surface area contributed by atoms with Gasteiger partial charge in [0.1, 0.15) is 13.2 Å². The predicted octanol–water partition coefficient (Wildman–Crippen LogP) is 20.0. The molecule has 0 aliphatic rings. The van der Waals surface area contributed by atoms with Gasteiger partial charge in [0.2, 0.25) is 0 Å². The zero-order valence-electron chi connectivity index (χ0n) is 46.8. The third kappa shape index (κ3) is 58.1. The summed E-state index contributed by atoms with van der Waals surface area (Å²) in [7, 11) is 0. The van der Waals surface area contributed by atoms with Gasteiger partial charge in [-0.3, -0.25) is 14.4 Å². The lowest BCUT2D eigenvalue weighted by molar-refractivity contribution is -0.167. The SMILES string of the molecule is CC/C=C\C/C=C\C/C=C\C/C=C\C/C=C\C/C=C\C/C=C\C/C=C\C/C=C\C/C=C\CCCCCCC(=O)OCC(COC(=O)CCCCCCCCC)OC(=O)CCCCCCC/C=C\C/C=C\CCC. The molecule has 0 aromatic carbocycles. The van der Waals surface area contributed by atoms with Gasteiger partial charge in [-0.1, -0.05) is 244 Å². The molecule has 0 aliphatic carbocycles. The minimum absolute atomic E-state index is 0.0955. The molecule has 0 aliphatic heterocycles. The second-order valence-corrected chi connectivity index (χ2v) is 18.8. The maximum absolute atomic E-state index is 12.8. The van der Waals surface area contributed by atoms with Crippen molar-refractivity contribution >= 4 is 17.9 Å². The molecular formula is C67H106O6. The van der Waals surface area contributed by atoms with E-state index in [9.17, 15) is 14.4 Å². The number of hydrogen-bond acceptors (Lipinski definition) is 6. The highest BCUT2D eigenvalue weighted by Gasteiger charge is 2.19. The maximum atomic E-state index is 12.8. The molecule has 0 aromatic rings. The van der Waals surface area contributed by atoms with Crippen LogP contribution in [0.1, 0.15) is 239 Å². The van der Waals surface area contributed by atoms with Gasteiger partial charge >= 0.3 is 17.9 Å². The van der Waals surface area contributed by atoms with E-state index in [0.29, 0.717) is 19.3 Å². The topological polar surface area (TPSA) is 78.9 Å². The fourth-order valence-corrected chi connectivity index (χ4v) is 7.45. The summed E-state index contributed by atoms with van der Waals surface area (Å²) in [6.07, 6.45) is 85.9. The first-order chi connectivity index (χ1) is 36.0. The summed E-state index contributed by atoms with van der Waals surface area (Å²) < 4.78 is 16.7. The lowest BCUT2D eigenvalue weighted by Gasteiger charge is -2.18. The smallest absolute Gasteiger partial charge is 0.306 e. The van der Waals surface area contributed by atoms with Crippen LogP contribution in [-0.4, -0.2) is 37.2 Å². The molecule has 0 saturated carbocycles. The second kappa shape index (κ2) is 59.8. The summed E-state index contributed by atoms with van der Waals surface area (Å²) >= 11 is 0. The maximum Gasteiger partial charge on any atom is 0.306 e. The molecule has 0 aromatic heterocycles. The Morgan fingerprint density at radius 3 is 0.890 bits per heavy atom. The van der Waals surface area contributed by atoms with Gasteiger partial charge in [-0.2, -0.15) is 0 Å². The summed E-state index contributed by atoms with van der Waals surface area (Å²) in [6.45, 7) is 6.36. The van der Waals surface area contributed by atoms with E-state index in [1.54, 1.807) is 0 Å². The third-order valence-electron chi connectivity index (χ3n) is 11.8. The van der Waals surface area contributed by atoms with Crippen LogP contribution < -0.4 is 0 Å².